The fourth-order valence-electron chi connectivity index (χ4n) is 3.18. The molecule has 1 aliphatic carbocycles. The largest absolute Gasteiger partial charge is 0.313 e. The van der Waals surface area contributed by atoms with Gasteiger partial charge in [-0.15, -0.1) is 0 Å². The summed E-state index contributed by atoms with van der Waals surface area (Å²) in [5.41, 5.74) is 4.36. The van der Waals surface area contributed by atoms with Crippen LogP contribution in [0.5, 0.6) is 0 Å². The van der Waals surface area contributed by atoms with Crippen LogP contribution in [0.4, 0.5) is 0 Å². The molecular weight excluding hydrogens is 254 g/mol. The first-order valence-electron chi connectivity index (χ1n) is 8.18. The van der Waals surface area contributed by atoms with Gasteiger partial charge in [-0.3, -0.25) is 0 Å². The molecule has 3 rings (SSSR count). The van der Waals surface area contributed by atoms with Gasteiger partial charge in [0, 0.05) is 6.04 Å². The van der Waals surface area contributed by atoms with Crippen molar-refractivity contribution in [3.05, 3.63) is 71.3 Å². The zero-order chi connectivity index (χ0) is 14.5. The number of rotatable bonds is 6. The molecule has 0 radical (unpaired) electrons. The van der Waals surface area contributed by atoms with Gasteiger partial charge in [0.25, 0.3) is 0 Å². The first-order chi connectivity index (χ1) is 10.4. The minimum atomic E-state index is 0.445. The Morgan fingerprint density at radius 2 is 1.71 bits per heavy atom. The van der Waals surface area contributed by atoms with Gasteiger partial charge in [0.2, 0.25) is 0 Å². The predicted molar refractivity (Wildman–Crippen MR) is 89.6 cm³/mol. The highest BCUT2D eigenvalue weighted by atomic mass is 14.9. The minimum absolute atomic E-state index is 0.445. The van der Waals surface area contributed by atoms with Crippen LogP contribution in [0.3, 0.4) is 0 Å². The van der Waals surface area contributed by atoms with Crippen LogP contribution < -0.4 is 5.32 Å². The van der Waals surface area contributed by atoms with Gasteiger partial charge >= 0.3 is 0 Å². The predicted octanol–water partition coefficient (Wildman–Crippen LogP) is 4.85. The Morgan fingerprint density at radius 1 is 1.00 bits per heavy atom. The van der Waals surface area contributed by atoms with Gasteiger partial charge in [-0.25, -0.2) is 0 Å². The summed E-state index contributed by atoms with van der Waals surface area (Å²) in [7, 11) is 2.06. The summed E-state index contributed by atoms with van der Waals surface area (Å²) >= 11 is 0. The molecule has 1 saturated carbocycles. The Hall–Kier alpha value is -1.60. The standard InChI is InChI=1S/C20H25N/c1-21-20(15-10-16-6-3-2-4-7-16)19-13-11-18(12-14-19)17-8-5-9-17/h2-4,6-7,11-14,17,20-21H,5,8-10,15H2,1H3. The Morgan fingerprint density at radius 3 is 2.29 bits per heavy atom. The van der Waals surface area contributed by atoms with Gasteiger partial charge < -0.3 is 5.32 Å². The summed E-state index contributed by atoms with van der Waals surface area (Å²) in [5, 5.41) is 3.47. The van der Waals surface area contributed by atoms with Crippen molar-refractivity contribution in [3.8, 4) is 0 Å². The molecule has 21 heavy (non-hydrogen) atoms. The molecule has 0 spiro atoms. The Bertz CT molecular complexity index is 540. The molecule has 1 aliphatic rings. The molecule has 110 valence electrons. The molecule has 0 heterocycles. The maximum absolute atomic E-state index is 3.47. The zero-order valence-corrected chi connectivity index (χ0v) is 12.9. The summed E-state index contributed by atoms with van der Waals surface area (Å²) in [4.78, 5) is 0. The van der Waals surface area contributed by atoms with E-state index in [0.717, 1.165) is 18.8 Å². The van der Waals surface area contributed by atoms with Crippen LogP contribution >= 0.6 is 0 Å². The first kappa shape index (κ1) is 14.3. The second kappa shape index (κ2) is 6.91. The molecule has 2 aromatic carbocycles. The van der Waals surface area contributed by atoms with Crippen LogP contribution in [-0.2, 0) is 6.42 Å². The zero-order valence-electron chi connectivity index (χ0n) is 12.9. The summed E-state index contributed by atoms with van der Waals surface area (Å²) in [5.74, 6) is 0.830. The molecule has 1 unspecified atom stereocenters. The van der Waals surface area contributed by atoms with Gasteiger partial charge in [-0.2, -0.15) is 0 Å². The third kappa shape index (κ3) is 3.54. The maximum Gasteiger partial charge on any atom is 0.0320 e. The average molecular weight is 279 g/mol. The lowest BCUT2D eigenvalue weighted by Gasteiger charge is -2.26. The molecule has 1 heteroatoms. The summed E-state index contributed by atoms with van der Waals surface area (Å²) in [6.07, 6.45) is 6.42. The molecule has 0 aromatic heterocycles. The smallest absolute Gasteiger partial charge is 0.0320 e. The van der Waals surface area contributed by atoms with Gasteiger partial charge in [-0.1, -0.05) is 61.0 Å². The molecule has 1 fully saturated rings. The molecule has 0 aliphatic heterocycles. The van der Waals surface area contributed by atoms with E-state index in [9.17, 15) is 0 Å². The number of hydrogen-bond donors (Lipinski definition) is 1. The lowest BCUT2D eigenvalue weighted by Crippen LogP contribution is -2.17. The van der Waals surface area contributed by atoms with Crippen molar-refractivity contribution in [3.63, 3.8) is 0 Å². The Balaban J connectivity index is 1.62. The monoisotopic (exact) mass is 279 g/mol. The highest BCUT2D eigenvalue weighted by Gasteiger charge is 2.19. The van der Waals surface area contributed by atoms with Gasteiger partial charge in [-0.05, 0) is 55.3 Å². The lowest BCUT2D eigenvalue weighted by molar-refractivity contribution is 0.419. The van der Waals surface area contributed by atoms with E-state index in [1.165, 1.54) is 36.0 Å². The van der Waals surface area contributed by atoms with Crippen molar-refractivity contribution in [1.82, 2.24) is 5.32 Å². The van der Waals surface area contributed by atoms with Crippen LogP contribution in [0.15, 0.2) is 54.6 Å². The SMILES string of the molecule is CNC(CCc1ccccc1)c1ccc(C2CCC2)cc1. The number of benzene rings is 2. The third-order valence-electron chi connectivity index (χ3n) is 4.83. The van der Waals surface area contributed by atoms with E-state index >= 15 is 0 Å². The highest BCUT2D eigenvalue weighted by molar-refractivity contribution is 5.28. The number of nitrogens with one attached hydrogen (secondary N) is 1. The summed E-state index contributed by atoms with van der Waals surface area (Å²) in [6.45, 7) is 0. The molecule has 0 saturated heterocycles. The van der Waals surface area contributed by atoms with E-state index in [4.69, 9.17) is 0 Å². The minimum Gasteiger partial charge on any atom is -0.313 e. The maximum atomic E-state index is 3.47. The molecule has 1 atom stereocenters. The number of aryl methyl sites for hydroxylation is 1. The highest BCUT2D eigenvalue weighted by Crippen LogP contribution is 2.36. The van der Waals surface area contributed by atoms with Crippen molar-refractivity contribution < 1.29 is 0 Å². The van der Waals surface area contributed by atoms with E-state index in [-0.39, 0.29) is 0 Å². The van der Waals surface area contributed by atoms with Crippen LogP contribution in [0.2, 0.25) is 0 Å². The van der Waals surface area contributed by atoms with E-state index in [0.29, 0.717) is 6.04 Å². The second-order valence-electron chi connectivity index (χ2n) is 6.16. The van der Waals surface area contributed by atoms with Crippen molar-refractivity contribution >= 4 is 0 Å². The fraction of sp³-hybridized carbons (Fsp3) is 0.400. The van der Waals surface area contributed by atoms with Crippen molar-refractivity contribution in [2.75, 3.05) is 7.05 Å². The Kier molecular flexibility index (Phi) is 4.72. The fourth-order valence-corrected chi connectivity index (χ4v) is 3.18. The van der Waals surface area contributed by atoms with Crippen LogP contribution in [0.25, 0.3) is 0 Å². The quantitative estimate of drug-likeness (QED) is 0.797. The van der Waals surface area contributed by atoms with Crippen LogP contribution in [-0.4, -0.2) is 7.05 Å². The second-order valence-corrected chi connectivity index (χ2v) is 6.16. The molecule has 2 aromatic rings. The molecule has 1 nitrogen and oxygen atoms in total. The molecule has 1 N–H and O–H groups in total. The van der Waals surface area contributed by atoms with Gasteiger partial charge in [0.05, 0.1) is 0 Å². The topological polar surface area (TPSA) is 12.0 Å². The van der Waals surface area contributed by atoms with E-state index in [2.05, 4.69) is 67.0 Å². The lowest BCUT2D eigenvalue weighted by atomic mass is 9.80. The number of hydrogen-bond acceptors (Lipinski definition) is 1. The molecule has 0 bridgehead atoms. The van der Waals surface area contributed by atoms with E-state index in [1.807, 2.05) is 0 Å². The first-order valence-corrected chi connectivity index (χ1v) is 8.18. The molecular formula is C20H25N. The van der Waals surface area contributed by atoms with Crippen molar-refractivity contribution in [2.45, 2.75) is 44.1 Å². The van der Waals surface area contributed by atoms with E-state index in [1.54, 1.807) is 0 Å². The van der Waals surface area contributed by atoms with Crippen LogP contribution in [0.1, 0.15) is 54.3 Å². The summed E-state index contributed by atoms with van der Waals surface area (Å²) < 4.78 is 0. The third-order valence-corrected chi connectivity index (χ3v) is 4.83. The Labute approximate surface area is 128 Å². The van der Waals surface area contributed by atoms with Gasteiger partial charge in [0.15, 0.2) is 0 Å². The average Bonchev–Trinajstić information content (AvgIpc) is 2.49. The van der Waals surface area contributed by atoms with Crippen LogP contribution in [0, 0.1) is 0 Å². The van der Waals surface area contributed by atoms with Gasteiger partial charge in [0.1, 0.15) is 0 Å². The normalized spacial score (nSPS) is 16.4. The van der Waals surface area contributed by atoms with Crippen molar-refractivity contribution in [1.29, 1.82) is 0 Å². The van der Waals surface area contributed by atoms with Crippen molar-refractivity contribution in [2.24, 2.45) is 0 Å². The molecule has 0 amide bonds. The van der Waals surface area contributed by atoms with E-state index < -0.39 is 0 Å². The summed E-state index contributed by atoms with van der Waals surface area (Å²) in [6, 6.07) is 20.5.